The van der Waals surface area contributed by atoms with E-state index in [1.807, 2.05) is 37.3 Å². The first kappa shape index (κ1) is 19.0. The number of ether oxygens (including phenoxy) is 1. The number of carbonyl (C=O) groups excluding carboxylic acids is 2. The highest BCUT2D eigenvalue weighted by molar-refractivity contribution is 5.91. The largest absolute Gasteiger partial charge is 0.423 e. The number of esters is 1. The van der Waals surface area contributed by atoms with Crippen molar-refractivity contribution in [1.29, 1.82) is 0 Å². The lowest BCUT2D eigenvalue weighted by Crippen LogP contribution is -2.19. The van der Waals surface area contributed by atoms with Gasteiger partial charge in [-0.1, -0.05) is 48.0 Å². The van der Waals surface area contributed by atoms with Crippen LogP contribution in [-0.4, -0.2) is 18.1 Å². The molecule has 3 rings (SSSR count). The van der Waals surface area contributed by atoms with Crippen molar-refractivity contribution in [3.63, 3.8) is 0 Å². The maximum Gasteiger partial charge on any atom is 0.343 e. The van der Waals surface area contributed by atoms with Gasteiger partial charge in [-0.15, -0.1) is 0 Å². The maximum absolute atomic E-state index is 12.0. The summed E-state index contributed by atoms with van der Waals surface area (Å²) in [6.07, 6.45) is 1.81. The molecule has 0 heterocycles. The van der Waals surface area contributed by atoms with Gasteiger partial charge in [0.15, 0.2) is 0 Å². The standard InChI is InChI=1S/C23H20N2O3/c1-17-7-9-18(10-8-17)15-22(26)25-24-16-19-11-13-21(14-12-19)28-23(27)20-5-3-2-4-6-20/h2-14,16H,15H2,1H3,(H,25,26)/b24-16-. The van der Waals surface area contributed by atoms with E-state index in [-0.39, 0.29) is 12.3 Å². The summed E-state index contributed by atoms with van der Waals surface area (Å²) in [5, 5.41) is 3.96. The van der Waals surface area contributed by atoms with E-state index in [9.17, 15) is 9.59 Å². The Bertz CT molecular complexity index is 963. The molecule has 0 atom stereocenters. The van der Waals surface area contributed by atoms with E-state index >= 15 is 0 Å². The molecule has 0 spiro atoms. The molecular weight excluding hydrogens is 352 g/mol. The highest BCUT2D eigenvalue weighted by Crippen LogP contribution is 2.13. The Labute approximate surface area is 163 Å². The number of rotatable bonds is 6. The first-order valence-electron chi connectivity index (χ1n) is 8.85. The average molecular weight is 372 g/mol. The summed E-state index contributed by atoms with van der Waals surface area (Å²) in [6.45, 7) is 2.00. The molecule has 0 radical (unpaired) electrons. The number of benzene rings is 3. The zero-order valence-corrected chi connectivity index (χ0v) is 15.5. The quantitative estimate of drug-likeness (QED) is 0.309. The number of aryl methyl sites for hydroxylation is 1. The van der Waals surface area contributed by atoms with Crippen LogP contribution in [0.2, 0.25) is 0 Å². The van der Waals surface area contributed by atoms with Crippen LogP contribution in [-0.2, 0) is 11.2 Å². The van der Waals surface area contributed by atoms with Crippen LogP contribution in [0.25, 0.3) is 0 Å². The molecule has 140 valence electrons. The molecule has 0 aliphatic carbocycles. The molecule has 3 aromatic carbocycles. The van der Waals surface area contributed by atoms with Crippen LogP contribution in [0.5, 0.6) is 5.75 Å². The van der Waals surface area contributed by atoms with Crippen LogP contribution in [0.1, 0.15) is 27.0 Å². The van der Waals surface area contributed by atoms with Gasteiger partial charge in [-0.2, -0.15) is 5.10 Å². The topological polar surface area (TPSA) is 67.8 Å². The van der Waals surface area contributed by atoms with E-state index in [1.54, 1.807) is 48.5 Å². The van der Waals surface area contributed by atoms with Crippen molar-refractivity contribution >= 4 is 18.1 Å². The Hall–Kier alpha value is -3.73. The van der Waals surface area contributed by atoms with Crippen LogP contribution in [0.3, 0.4) is 0 Å². The van der Waals surface area contributed by atoms with Gasteiger partial charge in [-0.3, -0.25) is 4.79 Å². The SMILES string of the molecule is Cc1ccc(CC(=O)N/N=C\c2ccc(OC(=O)c3ccccc3)cc2)cc1. The fraction of sp³-hybridized carbons (Fsp3) is 0.0870. The smallest absolute Gasteiger partial charge is 0.343 e. The molecule has 0 unspecified atom stereocenters. The van der Waals surface area contributed by atoms with E-state index < -0.39 is 5.97 Å². The Morgan fingerprint density at radius 1 is 0.929 bits per heavy atom. The van der Waals surface area contributed by atoms with Crippen molar-refractivity contribution in [3.05, 3.63) is 101 Å². The summed E-state index contributed by atoms with van der Waals surface area (Å²) in [5.74, 6) is -0.159. The summed E-state index contributed by atoms with van der Waals surface area (Å²) in [5.41, 5.74) is 5.86. The lowest BCUT2D eigenvalue weighted by Gasteiger charge is -2.04. The van der Waals surface area contributed by atoms with Crippen molar-refractivity contribution in [2.24, 2.45) is 5.10 Å². The lowest BCUT2D eigenvalue weighted by molar-refractivity contribution is -0.120. The van der Waals surface area contributed by atoms with Gasteiger partial charge in [0.05, 0.1) is 18.2 Å². The van der Waals surface area contributed by atoms with E-state index in [4.69, 9.17) is 4.74 Å². The minimum atomic E-state index is -0.412. The highest BCUT2D eigenvalue weighted by atomic mass is 16.5. The molecule has 5 nitrogen and oxygen atoms in total. The fourth-order valence-corrected chi connectivity index (χ4v) is 2.47. The number of hydrogen-bond acceptors (Lipinski definition) is 4. The average Bonchev–Trinajstić information content (AvgIpc) is 2.72. The van der Waals surface area contributed by atoms with Crippen LogP contribution in [0, 0.1) is 6.92 Å². The van der Waals surface area contributed by atoms with E-state index in [0.29, 0.717) is 11.3 Å². The number of carbonyl (C=O) groups is 2. The van der Waals surface area contributed by atoms with Crippen LogP contribution in [0.15, 0.2) is 84.0 Å². The van der Waals surface area contributed by atoms with Crippen LogP contribution >= 0.6 is 0 Å². The van der Waals surface area contributed by atoms with Gasteiger partial charge in [0.1, 0.15) is 5.75 Å². The third kappa shape index (κ3) is 5.64. The molecule has 5 heteroatoms. The van der Waals surface area contributed by atoms with Crippen molar-refractivity contribution in [1.82, 2.24) is 5.43 Å². The molecule has 0 saturated heterocycles. The molecule has 1 amide bonds. The second-order valence-corrected chi connectivity index (χ2v) is 6.28. The van der Waals surface area contributed by atoms with Gasteiger partial charge in [0, 0.05) is 0 Å². The van der Waals surface area contributed by atoms with E-state index in [2.05, 4.69) is 10.5 Å². The van der Waals surface area contributed by atoms with E-state index in [1.165, 1.54) is 6.21 Å². The van der Waals surface area contributed by atoms with Gasteiger partial charge in [-0.05, 0) is 54.4 Å². The van der Waals surface area contributed by atoms with Crippen LogP contribution in [0.4, 0.5) is 0 Å². The minimum absolute atomic E-state index is 0.187. The first-order chi connectivity index (χ1) is 13.6. The van der Waals surface area contributed by atoms with E-state index in [0.717, 1.165) is 16.7 Å². The summed E-state index contributed by atoms with van der Waals surface area (Å²) >= 11 is 0. The first-order valence-corrected chi connectivity index (χ1v) is 8.85. The fourth-order valence-electron chi connectivity index (χ4n) is 2.47. The van der Waals surface area contributed by atoms with Gasteiger partial charge < -0.3 is 4.74 Å². The highest BCUT2D eigenvalue weighted by Gasteiger charge is 2.07. The minimum Gasteiger partial charge on any atom is -0.423 e. The zero-order chi connectivity index (χ0) is 19.8. The number of hydrogen-bond donors (Lipinski definition) is 1. The summed E-state index contributed by atoms with van der Waals surface area (Å²) in [6, 6.07) is 23.4. The second kappa shape index (κ2) is 9.28. The molecule has 0 aliphatic heterocycles. The summed E-state index contributed by atoms with van der Waals surface area (Å²) < 4.78 is 5.32. The monoisotopic (exact) mass is 372 g/mol. The molecule has 3 aromatic rings. The summed E-state index contributed by atoms with van der Waals surface area (Å²) in [4.78, 5) is 23.9. The number of nitrogens with zero attached hydrogens (tertiary/aromatic N) is 1. The van der Waals surface area contributed by atoms with Crippen molar-refractivity contribution < 1.29 is 14.3 Å². The normalized spacial score (nSPS) is 10.6. The van der Waals surface area contributed by atoms with Crippen molar-refractivity contribution in [3.8, 4) is 5.75 Å². The predicted octanol–water partition coefficient (Wildman–Crippen LogP) is 3.91. The molecule has 0 aromatic heterocycles. The third-order valence-electron chi connectivity index (χ3n) is 3.99. The van der Waals surface area contributed by atoms with Crippen molar-refractivity contribution in [2.45, 2.75) is 13.3 Å². The zero-order valence-electron chi connectivity index (χ0n) is 15.5. The predicted molar refractivity (Wildman–Crippen MR) is 108 cm³/mol. The third-order valence-corrected chi connectivity index (χ3v) is 3.99. The van der Waals surface area contributed by atoms with Gasteiger partial charge in [0.2, 0.25) is 5.91 Å². The van der Waals surface area contributed by atoms with Crippen molar-refractivity contribution in [2.75, 3.05) is 0 Å². The maximum atomic E-state index is 12.0. The Balaban J connectivity index is 1.50. The number of nitrogens with one attached hydrogen (secondary N) is 1. The Morgan fingerprint density at radius 2 is 1.61 bits per heavy atom. The number of amides is 1. The molecule has 28 heavy (non-hydrogen) atoms. The second-order valence-electron chi connectivity index (χ2n) is 6.28. The van der Waals surface area contributed by atoms with Gasteiger partial charge in [0.25, 0.3) is 0 Å². The number of hydrazone groups is 1. The molecule has 0 bridgehead atoms. The Kier molecular flexibility index (Phi) is 6.31. The van der Waals surface area contributed by atoms with Crippen LogP contribution < -0.4 is 10.2 Å². The molecule has 0 fully saturated rings. The Morgan fingerprint density at radius 3 is 2.29 bits per heavy atom. The van der Waals surface area contributed by atoms with Gasteiger partial charge in [-0.25, -0.2) is 10.2 Å². The molecule has 0 saturated carbocycles. The van der Waals surface area contributed by atoms with Gasteiger partial charge >= 0.3 is 5.97 Å². The lowest BCUT2D eigenvalue weighted by atomic mass is 10.1. The summed E-state index contributed by atoms with van der Waals surface area (Å²) in [7, 11) is 0. The molecular formula is C23H20N2O3. The molecule has 0 aliphatic rings. The molecule has 1 N–H and O–H groups in total.